The van der Waals surface area contributed by atoms with Crippen molar-refractivity contribution >= 4 is 5.97 Å². The third kappa shape index (κ3) is 1.38. The van der Waals surface area contributed by atoms with Gasteiger partial charge in [0.1, 0.15) is 0 Å². The molecular formula is C8H14O3. The van der Waals surface area contributed by atoms with Crippen molar-refractivity contribution < 1.29 is 14.3 Å². The molecule has 1 atom stereocenters. The first-order valence-electron chi connectivity index (χ1n) is 4.06. The molecule has 0 spiro atoms. The van der Waals surface area contributed by atoms with E-state index in [0.717, 1.165) is 0 Å². The van der Waals surface area contributed by atoms with Crippen LogP contribution in [0.25, 0.3) is 0 Å². The van der Waals surface area contributed by atoms with Crippen LogP contribution in [0.2, 0.25) is 0 Å². The van der Waals surface area contributed by atoms with Crippen LogP contribution in [-0.2, 0) is 14.3 Å². The van der Waals surface area contributed by atoms with Gasteiger partial charge in [-0.1, -0.05) is 6.92 Å². The van der Waals surface area contributed by atoms with E-state index >= 15 is 0 Å². The summed E-state index contributed by atoms with van der Waals surface area (Å²) < 4.78 is 10.2. The molecule has 0 aromatic carbocycles. The predicted octanol–water partition coefficient (Wildman–Crippen LogP) is 1.12. The van der Waals surface area contributed by atoms with Gasteiger partial charge < -0.3 is 9.47 Å². The maximum atomic E-state index is 11.2. The van der Waals surface area contributed by atoms with E-state index < -0.39 is 5.60 Å². The lowest BCUT2D eigenvalue weighted by atomic mass is 9.99. The second-order valence-electron chi connectivity index (χ2n) is 2.67. The Balaban J connectivity index is 2.65. The molecule has 3 nitrogen and oxygen atoms in total. The van der Waals surface area contributed by atoms with Gasteiger partial charge in [0.25, 0.3) is 0 Å². The third-order valence-corrected chi connectivity index (χ3v) is 2.10. The van der Waals surface area contributed by atoms with Crippen molar-refractivity contribution in [3.63, 3.8) is 0 Å². The first-order chi connectivity index (χ1) is 5.25. The maximum absolute atomic E-state index is 11.2. The van der Waals surface area contributed by atoms with Crippen LogP contribution in [0.1, 0.15) is 26.7 Å². The second-order valence-corrected chi connectivity index (χ2v) is 2.67. The molecule has 0 amide bonds. The van der Waals surface area contributed by atoms with Crippen molar-refractivity contribution in [3.05, 3.63) is 0 Å². The molecule has 0 bridgehead atoms. The van der Waals surface area contributed by atoms with Crippen LogP contribution < -0.4 is 0 Å². The summed E-state index contributed by atoms with van der Waals surface area (Å²) in [7, 11) is 0. The molecule has 1 aliphatic rings. The van der Waals surface area contributed by atoms with Gasteiger partial charge in [-0.2, -0.15) is 0 Å². The Labute approximate surface area is 66.7 Å². The van der Waals surface area contributed by atoms with Gasteiger partial charge in [-0.05, 0) is 13.3 Å². The average Bonchev–Trinajstić information content (AvgIpc) is 2.35. The Morgan fingerprint density at radius 1 is 1.64 bits per heavy atom. The Bertz CT molecular complexity index is 155. The Hall–Kier alpha value is -0.570. The van der Waals surface area contributed by atoms with Crippen molar-refractivity contribution in [3.8, 4) is 0 Å². The summed E-state index contributed by atoms with van der Waals surface area (Å²) >= 11 is 0. The van der Waals surface area contributed by atoms with E-state index in [2.05, 4.69) is 0 Å². The van der Waals surface area contributed by atoms with E-state index in [0.29, 0.717) is 26.1 Å². The zero-order valence-corrected chi connectivity index (χ0v) is 7.05. The highest BCUT2D eigenvalue weighted by atomic mass is 16.6. The number of hydrogen-bond acceptors (Lipinski definition) is 3. The molecule has 0 aromatic rings. The minimum absolute atomic E-state index is 0.193. The number of rotatable bonds is 3. The summed E-state index contributed by atoms with van der Waals surface area (Å²) in [4.78, 5) is 11.2. The van der Waals surface area contributed by atoms with E-state index in [9.17, 15) is 4.79 Å². The highest BCUT2D eigenvalue weighted by molar-refractivity contribution is 5.81. The summed E-state index contributed by atoms with van der Waals surface area (Å²) in [6.45, 7) is 4.92. The predicted molar refractivity (Wildman–Crippen MR) is 40.2 cm³/mol. The first kappa shape index (κ1) is 8.53. The molecule has 0 aliphatic carbocycles. The molecule has 64 valence electrons. The molecule has 1 rings (SSSR count). The summed E-state index contributed by atoms with van der Waals surface area (Å²) in [5.74, 6) is -0.193. The largest absolute Gasteiger partial charge is 0.463 e. The quantitative estimate of drug-likeness (QED) is 0.577. The number of carbonyl (C=O) groups excluding carboxylic acids is 1. The van der Waals surface area contributed by atoms with Crippen LogP contribution in [0.15, 0.2) is 0 Å². The monoisotopic (exact) mass is 158 g/mol. The minimum Gasteiger partial charge on any atom is -0.463 e. The van der Waals surface area contributed by atoms with Crippen LogP contribution in [0.5, 0.6) is 0 Å². The van der Waals surface area contributed by atoms with Gasteiger partial charge in [-0.3, -0.25) is 0 Å². The fraction of sp³-hybridized carbons (Fsp3) is 0.875. The van der Waals surface area contributed by atoms with Gasteiger partial charge in [0.15, 0.2) is 5.60 Å². The molecule has 0 radical (unpaired) electrons. The average molecular weight is 158 g/mol. The third-order valence-electron chi connectivity index (χ3n) is 2.10. The van der Waals surface area contributed by atoms with Crippen LogP contribution in [-0.4, -0.2) is 24.8 Å². The normalized spacial score (nSPS) is 30.5. The first-order valence-corrected chi connectivity index (χ1v) is 4.06. The molecule has 1 saturated heterocycles. The van der Waals surface area contributed by atoms with Gasteiger partial charge in [0, 0.05) is 13.0 Å². The number of ether oxygens (including phenoxy) is 2. The van der Waals surface area contributed by atoms with Crippen LogP contribution >= 0.6 is 0 Å². The van der Waals surface area contributed by atoms with Crippen molar-refractivity contribution in [1.29, 1.82) is 0 Å². The lowest BCUT2D eigenvalue weighted by molar-refractivity contribution is -0.158. The Morgan fingerprint density at radius 2 is 2.36 bits per heavy atom. The topological polar surface area (TPSA) is 35.5 Å². The minimum atomic E-state index is -0.616. The molecule has 1 unspecified atom stereocenters. The molecule has 11 heavy (non-hydrogen) atoms. The summed E-state index contributed by atoms with van der Waals surface area (Å²) in [6.07, 6.45) is 1.41. The molecule has 1 fully saturated rings. The Kier molecular flexibility index (Phi) is 2.49. The second kappa shape index (κ2) is 3.22. The molecule has 0 aromatic heterocycles. The summed E-state index contributed by atoms with van der Waals surface area (Å²) in [5, 5.41) is 0. The van der Waals surface area contributed by atoms with E-state index in [1.54, 1.807) is 0 Å². The number of hydrogen-bond donors (Lipinski definition) is 0. The van der Waals surface area contributed by atoms with E-state index in [1.165, 1.54) is 0 Å². The molecular weight excluding hydrogens is 144 g/mol. The van der Waals surface area contributed by atoms with Gasteiger partial charge >= 0.3 is 5.97 Å². The summed E-state index contributed by atoms with van der Waals surface area (Å²) in [5.41, 5.74) is -0.616. The molecule has 1 heterocycles. The van der Waals surface area contributed by atoms with Crippen molar-refractivity contribution in [2.24, 2.45) is 0 Å². The molecule has 0 N–H and O–H groups in total. The molecule has 0 saturated carbocycles. The van der Waals surface area contributed by atoms with Gasteiger partial charge in [0.05, 0.1) is 6.61 Å². The lowest BCUT2D eigenvalue weighted by Gasteiger charge is -2.21. The number of cyclic esters (lactones) is 1. The van der Waals surface area contributed by atoms with Crippen molar-refractivity contribution in [1.82, 2.24) is 0 Å². The molecule has 1 aliphatic heterocycles. The zero-order valence-electron chi connectivity index (χ0n) is 7.05. The van der Waals surface area contributed by atoms with Crippen molar-refractivity contribution in [2.45, 2.75) is 32.3 Å². The summed E-state index contributed by atoms with van der Waals surface area (Å²) in [6, 6.07) is 0. The lowest BCUT2D eigenvalue weighted by Crippen LogP contribution is -2.36. The molecule has 3 heteroatoms. The van der Waals surface area contributed by atoms with E-state index in [1.807, 2.05) is 13.8 Å². The Morgan fingerprint density at radius 3 is 2.73 bits per heavy atom. The van der Waals surface area contributed by atoms with Gasteiger partial charge in [-0.15, -0.1) is 0 Å². The maximum Gasteiger partial charge on any atom is 0.338 e. The standard InChI is InChI=1S/C8H14O3/c1-3-8(11-4-2)5-6-10-7(8)9/h3-6H2,1-2H3. The fourth-order valence-electron chi connectivity index (χ4n) is 1.37. The zero-order chi connectivity index (χ0) is 8.32. The van der Waals surface area contributed by atoms with Crippen molar-refractivity contribution in [2.75, 3.05) is 13.2 Å². The van der Waals surface area contributed by atoms with Gasteiger partial charge in [0.2, 0.25) is 0 Å². The fourth-order valence-corrected chi connectivity index (χ4v) is 1.37. The van der Waals surface area contributed by atoms with Crippen LogP contribution in [0.4, 0.5) is 0 Å². The smallest absolute Gasteiger partial charge is 0.338 e. The number of carbonyl (C=O) groups is 1. The SMILES string of the molecule is CCOC1(CC)CCOC1=O. The number of esters is 1. The van der Waals surface area contributed by atoms with Gasteiger partial charge in [-0.25, -0.2) is 4.79 Å². The van der Waals surface area contributed by atoms with Crippen LogP contribution in [0, 0.1) is 0 Å². The van der Waals surface area contributed by atoms with E-state index in [4.69, 9.17) is 9.47 Å². The van der Waals surface area contributed by atoms with E-state index in [-0.39, 0.29) is 5.97 Å². The highest BCUT2D eigenvalue weighted by Gasteiger charge is 2.43. The highest BCUT2D eigenvalue weighted by Crippen LogP contribution is 2.27. The van der Waals surface area contributed by atoms with Crippen LogP contribution in [0.3, 0.4) is 0 Å².